The Morgan fingerprint density at radius 2 is 1.85 bits per heavy atom. The van der Waals surface area contributed by atoms with Crippen molar-refractivity contribution in [2.45, 2.75) is 40.2 Å². The number of hydrogen-bond donors (Lipinski definition) is 2. The smallest absolute Gasteiger partial charge is 0.224 e. The van der Waals surface area contributed by atoms with Crippen LogP contribution in [0.25, 0.3) is 0 Å². The van der Waals surface area contributed by atoms with E-state index in [1.54, 1.807) is 12.1 Å². The van der Waals surface area contributed by atoms with E-state index < -0.39 is 0 Å². The molecular weight excluding hydrogens is 255 g/mol. The molecule has 2 atom stereocenters. The molecule has 0 spiro atoms. The van der Waals surface area contributed by atoms with Crippen molar-refractivity contribution in [3.63, 3.8) is 0 Å². The van der Waals surface area contributed by atoms with Gasteiger partial charge in [0.25, 0.3) is 0 Å². The van der Waals surface area contributed by atoms with Crippen molar-refractivity contribution in [2.75, 3.05) is 6.54 Å². The predicted octanol–water partition coefficient (Wildman–Crippen LogP) is 3.01. The number of nitrogens with two attached hydrogens (primary N) is 1. The highest BCUT2D eigenvalue weighted by molar-refractivity contribution is 5.79. The van der Waals surface area contributed by atoms with Crippen molar-refractivity contribution in [3.05, 3.63) is 35.6 Å². The van der Waals surface area contributed by atoms with E-state index in [9.17, 15) is 9.18 Å². The fourth-order valence-corrected chi connectivity index (χ4v) is 2.17. The zero-order chi connectivity index (χ0) is 15.3. The zero-order valence-corrected chi connectivity index (χ0v) is 12.7. The Labute approximate surface area is 120 Å². The van der Waals surface area contributed by atoms with Gasteiger partial charge in [-0.2, -0.15) is 0 Å². The number of nitrogens with one attached hydrogen (secondary N) is 1. The van der Waals surface area contributed by atoms with E-state index in [0.717, 1.165) is 5.56 Å². The Hall–Kier alpha value is -1.42. The number of amides is 1. The molecule has 2 unspecified atom stereocenters. The highest BCUT2D eigenvalue weighted by atomic mass is 19.1. The van der Waals surface area contributed by atoms with E-state index in [0.29, 0.717) is 13.0 Å². The molecule has 1 aromatic rings. The summed E-state index contributed by atoms with van der Waals surface area (Å²) in [5.74, 6) is -0.499. The largest absolute Gasteiger partial charge is 0.348 e. The highest BCUT2D eigenvalue weighted by Crippen LogP contribution is 2.33. The lowest BCUT2D eigenvalue weighted by Crippen LogP contribution is -2.41. The standard InChI is InChI=1S/C16H25FN2O/c1-5-11(10-18)15(20)19-14(16(2,3)4)12-6-8-13(17)9-7-12/h6-9,11,14H,5,10,18H2,1-4H3,(H,19,20). The van der Waals surface area contributed by atoms with Crippen molar-refractivity contribution in [1.82, 2.24) is 5.32 Å². The summed E-state index contributed by atoms with van der Waals surface area (Å²) in [7, 11) is 0. The molecule has 0 aliphatic heterocycles. The minimum Gasteiger partial charge on any atom is -0.348 e. The molecule has 1 rings (SSSR count). The van der Waals surface area contributed by atoms with Crippen LogP contribution in [0, 0.1) is 17.2 Å². The van der Waals surface area contributed by atoms with Gasteiger partial charge in [-0.15, -0.1) is 0 Å². The van der Waals surface area contributed by atoms with Gasteiger partial charge in [-0.05, 0) is 29.5 Å². The van der Waals surface area contributed by atoms with Crippen molar-refractivity contribution < 1.29 is 9.18 Å². The average molecular weight is 280 g/mol. The molecule has 20 heavy (non-hydrogen) atoms. The van der Waals surface area contributed by atoms with E-state index in [2.05, 4.69) is 5.32 Å². The van der Waals surface area contributed by atoms with Crippen LogP contribution in [-0.4, -0.2) is 12.5 Å². The summed E-state index contributed by atoms with van der Waals surface area (Å²) in [6, 6.07) is 6.10. The third-order valence-corrected chi connectivity index (χ3v) is 3.50. The molecule has 0 bridgehead atoms. The van der Waals surface area contributed by atoms with Gasteiger partial charge in [-0.1, -0.05) is 39.8 Å². The van der Waals surface area contributed by atoms with Crippen molar-refractivity contribution in [3.8, 4) is 0 Å². The molecular formula is C16H25FN2O. The summed E-state index contributed by atoms with van der Waals surface area (Å²) < 4.78 is 13.0. The monoisotopic (exact) mass is 280 g/mol. The first-order valence-corrected chi connectivity index (χ1v) is 7.05. The maximum Gasteiger partial charge on any atom is 0.224 e. The first-order chi connectivity index (χ1) is 9.29. The van der Waals surface area contributed by atoms with Crippen molar-refractivity contribution in [2.24, 2.45) is 17.1 Å². The van der Waals surface area contributed by atoms with E-state index >= 15 is 0 Å². The molecule has 0 aliphatic rings. The maximum absolute atomic E-state index is 13.0. The van der Waals surface area contributed by atoms with Crippen LogP contribution < -0.4 is 11.1 Å². The Balaban J connectivity index is 2.97. The lowest BCUT2D eigenvalue weighted by atomic mass is 9.82. The fourth-order valence-electron chi connectivity index (χ4n) is 2.17. The minimum absolute atomic E-state index is 0.0424. The fraction of sp³-hybridized carbons (Fsp3) is 0.562. The number of carbonyl (C=O) groups is 1. The molecule has 0 saturated heterocycles. The Morgan fingerprint density at radius 1 is 1.30 bits per heavy atom. The topological polar surface area (TPSA) is 55.1 Å². The van der Waals surface area contributed by atoms with Gasteiger partial charge < -0.3 is 11.1 Å². The molecule has 1 amide bonds. The van der Waals surface area contributed by atoms with Crippen LogP contribution in [0.2, 0.25) is 0 Å². The van der Waals surface area contributed by atoms with Gasteiger partial charge in [0.05, 0.1) is 6.04 Å². The molecule has 112 valence electrons. The molecule has 0 saturated carbocycles. The van der Waals surface area contributed by atoms with Crippen molar-refractivity contribution in [1.29, 1.82) is 0 Å². The molecule has 0 aliphatic carbocycles. The quantitative estimate of drug-likeness (QED) is 0.871. The van der Waals surface area contributed by atoms with Crippen molar-refractivity contribution >= 4 is 5.91 Å². The van der Waals surface area contributed by atoms with E-state index in [1.807, 2.05) is 27.7 Å². The number of halogens is 1. The predicted molar refractivity (Wildman–Crippen MR) is 79.6 cm³/mol. The van der Waals surface area contributed by atoms with Crippen LogP contribution in [0.1, 0.15) is 45.7 Å². The van der Waals surface area contributed by atoms with Crippen LogP contribution in [0.15, 0.2) is 24.3 Å². The first-order valence-electron chi connectivity index (χ1n) is 7.05. The normalized spacial score (nSPS) is 14.7. The first kappa shape index (κ1) is 16.6. The minimum atomic E-state index is -0.277. The van der Waals surface area contributed by atoms with E-state index in [4.69, 9.17) is 5.73 Å². The number of hydrogen-bond acceptors (Lipinski definition) is 2. The van der Waals surface area contributed by atoms with Gasteiger partial charge in [0.15, 0.2) is 0 Å². The molecule has 3 N–H and O–H groups in total. The van der Waals surface area contributed by atoms with Gasteiger partial charge in [0.1, 0.15) is 5.82 Å². The summed E-state index contributed by atoms with van der Waals surface area (Å²) >= 11 is 0. The lowest BCUT2D eigenvalue weighted by Gasteiger charge is -2.33. The summed E-state index contributed by atoms with van der Waals surface area (Å²) in [4.78, 5) is 12.2. The van der Waals surface area contributed by atoms with Crippen LogP contribution in [0.4, 0.5) is 4.39 Å². The second-order valence-electron chi connectivity index (χ2n) is 6.20. The number of benzene rings is 1. The number of carbonyl (C=O) groups excluding carboxylic acids is 1. The second kappa shape index (κ2) is 6.84. The lowest BCUT2D eigenvalue weighted by molar-refractivity contribution is -0.126. The second-order valence-corrected chi connectivity index (χ2v) is 6.20. The molecule has 0 fully saturated rings. The van der Waals surface area contributed by atoms with Crippen LogP contribution in [-0.2, 0) is 4.79 Å². The van der Waals surface area contributed by atoms with Crippen LogP contribution in [0.5, 0.6) is 0 Å². The molecule has 3 nitrogen and oxygen atoms in total. The van der Waals surface area contributed by atoms with E-state index in [-0.39, 0.29) is 29.1 Å². The summed E-state index contributed by atoms with van der Waals surface area (Å²) in [5.41, 5.74) is 6.35. The molecule has 0 radical (unpaired) electrons. The van der Waals surface area contributed by atoms with Crippen LogP contribution >= 0.6 is 0 Å². The van der Waals surface area contributed by atoms with Gasteiger partial charge in [-0.3, -0.25) is 4.79 Å². The third-order valence-electron chi connectivity index (χ3n) is 3.50. The highest BCUT2D eigenvalue weighted by Gasteiger charge is 2.29. The zero-order valence-electron chi connectivity index (χ0n) is 12.7. The molecule has 0 heterocycles. The Kier molecular flexibility index (Phi) is 5.69. The average Bonchev–Trinajstić information content (AvgIpc) is 2.37. The van der Waals surface area contributed by atoms with Gasteiger partial charge in [0.2, 0.25) is 5.91 Å². The third kappa shape index (κ3) is 4.30. The van der Waals surface area contributed by atoms with Gasteiger partial charge in [-0.25, -0.2) is 4.39 Å². The maximum atomic E-state index is 13.0. The molecule has 4 heteroatoms. The van der Waals surface area contributed by atoms with Gasteiger partial charge >= 0.3 is 0 Å². The van der Waals surface area contributed by atoms with Gasteiger partial charge in [0, 0.05) is 12.5 Å². The Morgan fingerprint density at radius 3 is 2.25 bits per heavy atom. The molecule has 0 aromatic heterocycles. The van der Waals surface area contributed by atoms with E-state index in [1.165, 1.54) is 12.1 Å². The number of rotatable bonds is 5. The summed E-state index contributed by atoms with van der Waals surface area (Å²) in [6.45, 7) is 8.42. The summed E-state index contributed by atoms with van der Waals surface area (Å²) in [5, 5.41) is 3.05. The SMILES string of the molecule is CCC(CN)C(=O)NC(c1ccc(F)cc1)C(C)(C)C. The summed E-state index contributed by atoms with van der Waals surface area (Å²) in [6.07, 6.45) is 0.711. The Bertz CT molecular complexity index is 433. The molecule has 1 aromatic carbocycles. The van der Waals surface area contributed by atoms with Crippen LogP contribution in [0.3, 0.4) is 0 Å².